The molecule has 1 aromatic rings. The predicted molar refractivity (Wildman–Crippen MR) is 64.4 cm³/mol. The predicted octanol–water partition coefficient (Wildman–Crippen LogP) is 0.639. The zero-order valence-corrected chi connectivity index (χ0v) is 10.9. The highest BCUT2D eigenvalue weighted by molar-refractivity contribution is 14.1. The molecule has 0 amide bonds. The fraction of sp³-hybridized carbons (Fsp3) is 0.556. The third-order valence-corrected chi connectivity index (χ3v) is 2.64. The molecule has 0 spiro atoms. The molecule has 0 bridgehead atoms. The third-order valence-electron chi connectivity index (χ3n) is 2.08. The molecule has 1 heterocycles. The zero-order valence-electron chi connectivity index (χ0n) is 8.74. The van der Waals surface area contributed by atoms with Crippen molar-refractivity contribution < 1.29 is 9.53 Å². The van der Waals surface area contributed by atoms with Gasteiger partial charge in [-0.25, -0.2) is 0 Å². The maximum Gasteiger partial charge on any atom is 0.322 e. The van der Waals surface area contributed by atoms with Crippen LogP contribution in [0.2, 0.25) is 0 Å². The largest absolute Gasteiger partial charge is 0.468 e. The fourth-order valence-electron chi connectivity index (χ4n) is 1.24. The summed E-state index contributed by atoms with van der Waals surface area (Å²) in [6.07, 6.45) is 4.39. The van der Waals surface area contributed by atoms with E-state index in [1.165, 1.54) is 7.11 Å². The molecule has 1 atom stereocenters. The molecule has 1 N–H and O–H groups in total. The van der Waals surface area contributed by atoms with Crippen LogP contribution in [0.5, 0.6) is 0 Å². The minimum absolute atomic E-state index is 0.237. The quantitative estimate of drug-likeness (QED) is 0.638. The van der Waals surface area contributed by atoms with Gasteiger partial charge in [0.15, 0.2) is 0 Å². The topological polar surface area (TPSA) is 56.2 Å². The van der Waals surface area contributed by atoms with Crippen LogP contribution in [0.4, 0.5) is 0 Å². The number of hydrogen-bond acceptors (Lipinski definition) is 4. The van der Waals surface area contributed by atoms with Crippen molar-refractivity contribution >= 4 is 28.6 Å². The van der Waals surface area contributed by atoms with E-state index in [0.717, 1.165) is 3.57 Å². The van der Waals surface area contributed by atoms with Gasteiger partial charge >= 0.3 is 5.97 Å². The number of nitrogens with zero attached hydrogens (tertiary/aromatic N) is 2. The van der Waals surface area contributed by atoms with Gasteiger partial charge < -0.3 is 10.1 Å². The van der Waals surface area contributed by atoms with Crippen LogP contribution >= 0.6 is 22.6 Å². The van der Waals surface area contributed by atoms with Crippen molar-refractivity contribution in [1.29, 1.82) is 0 Å². The van der Waals surface area contributed by atoms with Crippen molar-refractivity contribution in [3.8, 4) is 0 Å². The van der Waals surface area contributed by atoms with Gasteiger partial charge in [-0.1, -0.05) is 0 Å². The molecule has 1 aromatic heterocycles. The Balaban J connectivity index is 2.44. The number of methoxy groups -OCH3 is 1. The van der Waals surface area contributed by atoms with Crippen molar-refractivity contribution in [2.24, 2.45) is 0 Å². The third kappa shape index (κ3) is 3.78. The van der Waals surface area contributed by atoms with Crippen LogP contribution in [0.3, 0.4) is 0 Å². The summed E-state index contributed by atoms with van der Waals surface area (Å²) in [5.41, 5.74) is 0. The first kappa shape index (κ1) is 12.4. The number of aromatic nitrogens is 2. The summed E-state index contributed by atoms with van der Waals surface area (Å²) in [5, 5.41) is 7.05. The first-order valence-electron chi connectivity index (χ1n) is 4.60. The minimum atomic E-state index is -0.267. The molecule has 15 heavy (non-hydrogen) atoms. The number of aryl methyl sites for hydroxylation is 1. The number of esters is 1. The first-order valence-corrected chi connectivity index (χ1v) is 5.68. The minimum Gasteiger partial charge on any atom is -0.468 e. The summed E-state index contributed by atoms with van der Waals surface area (Å²) >= 11 is 2.20. The SMILES string of the molecule is CNC(CCn1cc(I)cn1)C(=O)OC. The van der Waals surface area contributed by atoms with E-state index in [1.807, 2.05) is 10.9 Å². The van der Waals surface area contributed by atoms with Gasteiger partial charge in [-0.15, -0.1) is 0 Å². The molecule has 0 radical (unpaired) electrons. The second kappa shape index (κ2) is 6.06. The van der Waals surface area contributed by atoms with E-state index >= 15 is 0 Å². The number of ether oxygens (including phenoxy) is 1. The smallest absolute Gasteiger partial charge is 0.322 e. The van der Waals surface area contributed by atoms with Crippen LogP contribution < -0.4 is 5.32 Å². The van der Waals surface area contributed by atoms with E-state index in [1.54, 1.807) is 13.2 Å². The van der Waals surface area contributed by atoms with Crippen LogP contribution in [0.15, 0.2) is 12.4 Å². The van der Waals surface area contributed by atoms with Gasteiger partial charge in [0, 0.05) is 12.7 Å². The molecule has 0 fully saturated rings. The highest BCUT2D eigenvalue weighted by Crippen LogP contribution is 2.03. The highest BCUT2D eigenvalue weighted by Gasteiger charge is 2.16. The number of likely N-dealkylation sites (N-methyl/N-ethyl adjacent to an activating group) is 1. The number of hydrogen-bond donors (Lipinski definition) is 1. The molecule has 6 heteroatoms. The second-order valence-electron chi connectivity index (χ2n) is 3.07. The molecule has 0 aliphatic rings. The number of halogens is 1. The molecular weight excluding hydrogens is 309 g/mol. The summed E-state index contributed by atoms with van der Waals surface area (Å²) in [4.78, 5) is 11.3. The maximum atomic E-state index is 11.3. The van der Waals surface area contributed by atoms with E-state index in [9.17, 15) is 4.79 Å². The average Bonchev–Trinajstić information content (AvgIpc) is 2.64. The molecule has 1 unspecified atom stereocenters. The van der Waals surface area contributed by atoms with E-state index in [-0.39, 0.29) is 12.0 Å². The van der Waals surface area contributed by atoms with Gasteiger partial charge in [0.2, 0.25) is 0 Å². The molecule has 5 nitrogen and oxygen atoms in total. The molecular formula is C9H14IN3O2. The van der Waals surface area contributed by atoms with E-state index in [4.69, 9.17) is 0 Å². The lowest BCUT2D eigenvalue weighted by molar-refractivity contribution is -0.143. The van der Waals surface area contributed by atoms with Gasteiger partial charge in [-0.05, 0) is 36.1 Å². The Morgan fingerprint density at radius 3 is 3.00 bits per heavy atom. The van der Waals surface area contributed by atoms with Crippen LogP contribution in [0.25, 0.3) is 0 Å². The monoisotopic (exact) mass is 323 g/mol. The average molecular weight is 323 g/mol. The van der Waals surface area contributed by atoms with Crippen LogP contribution in [0, 0.1) is 3.57 Å². The summed E-state index contributed by atoms with van der Waals surface area (Å²) in [6.45, 7) is 0.698. The lowest BCUT2D eigenvalue weighted by Gasteiger charge is -2.12. The highest BCUT2D eigenvalue weighted by atomic mass is 127. The van der Waals surface area contributed by atoms with Crippen molar-refractivity contribution in [1.82, 2.24) is 15.1 Å². The molecule has 84 valence electrons. The van der Waals surface area contributed by atoms with Crippen LogP contribution in [-0.4, -0.2) is 35.9 Å². The zero-order chi connectivity index (χ0) is 11.3. The van der Waals surface area contributed by atoms with Gasteiger partial charge in [-0.3, -0.25) is 9.48 Å². The Bertz CT molecular complexity index is 327. The summed E-state index contributed by atoms with van der Waals surface area (Å²) in [5.74, 6) is -0.237. The number of carbonyl (C=O) groups is 1. The molecule has 1 rings (SSSR count). The number of carbonyl (C=O) groups excluding carboxylic acids is 1. The lowest BCUT2D eigenvalue weighted by atomic mass is 10.2. The fourth-order valence-corrected chi connectivity index (χ4v) is 1.69. The van der Waals surface area contributed by atoms with Crippen molar-refractivity contribution in [3.05, 3.63) is 16.0 Å². The standard InChI is InChI=1S/C9H14IN3O2/c1-11-8(9(14)15-2)3-4-13-6-7(10)5-12-13/h5-6,8,11H,3-4H2,1-2H3. The Labute approximate surface area is 102 Å². The Morgan fingerprint density at radius 2 is 2.53 bits per heavy atom. The van der Waals surface area contributed by atoms with E-state index in [0.29, 0.717) is 13.0 Å². The molecule has 0 aliphatic heterocycles. The van der Waals surface area contributed by atoms with Gasteiger partial charge in [0.25, 0.3) is 0 Å². The van der Waals surface area contributed by atoms with Crippen molar-refractivity contribution in [2.45, 2.75) is 19.0 Å². The molecule has 0 saturated heterocycles. The lowest BCUT2D eigenvalue weighted by Crippen LogP contribution is -2.35. The van der Waals surface area contributed by atoms with E-state index < -0.39 is 0 Å². The summed E-state index contributed by atoms with van der Waals surface area (Å²) in [6, 6.07) is -0.267. The normalized spacial score (nSPS) is 12.5. The summed E-state index contributed by atoms with van der Waals surface area (Å²) in [7, 11) is 3.14. The Morgan fingerprint density at radius 1 is 1.80 bits per heavy atom. The van der Waals surface area contributed by atoms with Crippen LogP contribution in [0.1, 0.15) is 6.42 Å². The van der Waals surface area contributed by atoms with Crippen molar-refractivity contribution in [3.63, 3.8) is 0 Å². The second-order valence-corrected chi connectivity index (χ2v) is 4.32. The van der Waals surface area contributed by atoms with Gasteiger partial charge in [-0.2, -0.15) is 5.10 Å². The molecule has 0 saturated carbocycles. The number of nitrogens with one attached hydrogen (secondary N) is 1. The van der Waals surface area contributed by atoms with E-state index in [2.05, 4.69) is 37.7 Å². The van der Waals surface area contributed by atoms with Gasteiger partial charge in [0.05, 0.1) is 16.9 Å². The molecule has 0 aliphatic carbocycles. The first-order chi connectivity index (χ1) is 7.17. The number of rotatable bonds is 5. The maximum absolute atomic E-state index is 11.3. The van der Waals surface area contributed by atoms with Gasteiger partial charge in [0.1, 0.15) is 6.04 Å². The van der Waals surface area contributed by atoms with Crippen molar-refractivity contribution in [2.75, 3.05) is 14.2 Å². The summed E-state index contributed by atoms with van der Waals surface area (Å²) < 4.78 is 7.57. The molecule has 0 aromatic carbocycles. The Hall–Kier alpha value is -0.630. The Kier molecular flexibility index (Phi) is 5.03. The van der Waals surface area contributed by atoms with Crippen LogP contribution in [-0.2, 0) is 16.1 Å².